The molecule has 3 aromatic rings. The van der Waals surface area contributed by atoms with E-state index >= 15 is 0 Å². The number of benzene rings is 3. The summed E-state index contributed by atoms with van der Waals surface area (Å²) in [7, 11) is 0. The van der Waals surface area contributed by atoms with Crippen LogP contribution in [0.4, 0.5) is 5.69 Å². The first-order valence-corrected chi connectivity index (χ1v) is 9.49. The Labute approximate surface area is 174 Å². The van der Waals surface area contributed by atoms with Crippen molar-refractivity contribution >= 4 is 33.5 Å². The lowest BCUT2D eigenvalue weighted by Gasteiger charge is -2.07. The highest BCUT2D eigenvalue weighted by atomic mass is 79.9. The number of fused-ring (bicyclic) bond motifs is 1. The molecule has 144 valence electrons. The van der Waals surface area contributed by atoms with Gasteiger partial charge < -0.3 is 9.47 Å². The van der Waals surface area contributed by atoms with Crippen LogP contribution in [-0.4, -0.2) is 10.7 Å². The molecule has 0 aliphatic carbocycles. The largest absolute Gasteiger partial charge is 0.489 e. The number of nitro groups is 1. The Hall–Kier alpha value is -3.45. The van der Waals surface area contributed by atoms with Gasteiger partial charge in [0.1, 0.15) is 18.1 Å². The molecule has 0 fully saturated rings. The number of nitro benzene ring substituents is 1. The molecule has 0 bridgehead atoms. The Kier molecular flexibility index (Phi) is 5.14. The molecule has 0 saturated heterocycles. The number of hydrogen-bond donors (Lipinski definition) is 0. The maximum Gasteiger partial charge on any atom is 0.269 e. The van der Waals surface area contributed by atoms with Crippen LogP contribution in [0, 0.1) is 10.1 Å². The first kappa shape index (κ1) is 18.9. The first-order valence-electron chi connectivity index (χ1n) is 8.69. The third-order valence-electron chi connectivity index (χ3n) is 4.34. The van der Waals surface area contributed by atoms with Gasteiger partial charge in [-0.1, -0.05) is 28.1 Å². The molecule has 1 aliphatic rings. The average Bonchev–Trinajstić information content (AvgIpc) is 3.01. The summed E-state index contributed by atoms with van der Waals surface area (Å²) in [5.74, 6) is 1.06. The fraction of sp³-hybridized carbons (Fsp3) is 0.0455. The molecule has 7 heteroatoms. The van der Waals surface area contributed by atoms with Crippen molar-refractivity contribution in [2.45, 2.75) is 6.61 Å². The van der Waals surface area contributed by atoms with E-state index in [1.54, 1.807) is 36.4 Å². The number of non-ortho nitro benzene ring substituents is 1. The van der Waals surface area contributed by atoms with E-state index in [4.69, 9.17) is 9.47 Å². The van der Waals surface area contributed by atoms with Crippen LogP contribution < -0.4 is 9.47 Å². The summed E-state index contributed by atoms with van der Waals surface area (Å²) in [4.78, 5) is 22.8. The number of allylic oxidation sites excluding steroid dienone is 1. The van der Waals surface area contributed by atoms with Gasteiger partial charge in [-0.2, -0.15) is 0 Å². The molecule has 0 spiro atoms. The minimum absolute atomic E-state index is 0.0305. The van der Waals surface area contributed by atoms with Crippen molar-refractivity contribution in [1.29, 1.82) is 0 Å². The van der Waals surface area contributed by atoms with E-state index in [2.05, 4.69) is 15.9 Å². The fourth-order valence-electron chi connectivity index (χ4n) is 2.89. The van der Waals surface area contributed by atoms with Crippen LogP contribution in [0.5, 0.6) is 11.5 Å². The second kappa shape index (κ2) is 7.89. The number of ketones is 1. The molecule has 0 unspecified atom stereocenters. The molecule has 0 aromatic heterocycles. The molecule has 0 saturated carbocycles. The number of ether oxygens (including phenoxy) is 2. The van der Waals surface area contributed by atoms with Gasteiger partial charge in [0.05, 0.1) is 10.5 Å². The summed E-state index contributed by atoms with van der Waals surface area (Å²) in [5.41, 5.74) is 2.16. The predicted octanol–water partition coefficient (Wildman–Crippen LogP) is 5.55. The Bertz CT molecular complexity index is 1140. The molecule has 29 heavy (non-hydrogen) atoms. The van der Waals surface area contributed by atoms with Crippen molar-refractivity contribution in [3.8, 4) is 11.5 Å². The Balaban J connectivity index is 1.48. The third kappa shape index (κ3) is 4.20. The molecule has 1 heterocycles. The van der Waals surface area contributed by atoms with Crippen LogP contribution in [0.3, 0.4) is 0 Å². The molecule has 4 rings (SSSR count). The molecule has 0 N–H and O–H groups in total. The fourth-order valence-corrected chi connectivity index (χ4v) is 3.30. The zero-order valence-electron chi connectivity index (χ0n) is 15.0. The SMILES string of the molecule is O=C1C(=Cc2cccc(Br)c2)Oc2cc(OCc3ccc([N+](=O)[O-])cc3)ccc21. The Morgan fingerprint density at radius 2 is 1.86 bits per heavy atom. The Morgan fingerprint density at radius 1 is 1.07 bits per heavy atom. The number of halogens is 1. The second-order valence-electron chi connectivity index (χ2n) is 6.36. The van der Waals surface area contributed by atoms with E-state index in [9.17, 15) is 14.9 Å². The van der Waals surface area contributed by atoms with Gasteiger partial charge >= 0.3 is 0 Å². The van der Waals surface area contributed by atoms with Crippen LogP contribution in [0.15, 0.2) is 77.0 Å². The van der Waals surface area contributed by atoms with E-state index in [1.807, 2.05) is 24.3 Å². The minimum Gasteiger partial charge on any atom is -0.489 e. The number of nitrogens with zero attached hydrogens (tertiary/aromatic N) is 1. The van der Waals surface area contributed by atoms with Gasteiger partial charge in [0.2, 0.25) is 5.78 Å². The first-order chi connectivity index (χ1) is 14.0. The molecule has 0 atom stereocenters. The lowest BCUT2D eigenvalue weighted by atomic mass is 10.1. The average molecular weight is 452 g/mol. The van der Waals surface area contributed by atoms with Gasteiger partial charge in [-0.3, -0.25) is 14.9 Å². The zero-order chi connectivity index (χ0) is 20.4. The predicted molar refractivity (Wildman–Crippen MR) is 111 cm³/mol. The van der Waals surface area contributed by atoms with Gasteiger partial charge in [0.25, 0.3) is 5.69 Å². The van der Waals surface area contributed by atoms with Crippen molar-refractivity contribution in [3.05, 3.63) is 104 Å². The lowest BCUT2D eigenvalue weighted by molar-refractivity contribution is -0.384. The highest BCUT2D eigenvalue weighted by Gasteiger charge is 2.27. The molecular weight excluding hydrogens is 438 g/mol. The quantitative estimate of drug-likeness (QED) is 0.288. The van der Waals surface area contributed by atoms with Crippen molar-refractivity contribution < 1.29 is 19.2 Å². The number of rotatable bonds is 5. The molecule has 3 aromatic carbocycles. The maximum absolute atomic E-state index is 12.6. The Morgan fingerprint density at radius 3 is 2.59 bits per heavy atom. The van der Waals surface area contributed by atoms with Crippen molar-refractivity contribution in [2.24, 2.45) is 0 Å². The van der Waals surface area contributed by atoms with Gasteiger partial charge in [0.15, 0.2) is 5.76 Å². The van der Waals surface area contributed by atoms with Crippen molar-refractivity contribution in [1.82, 2.24) is 0 Å². The summed E-state index contributed by atoms with van der Waals surface area (Å²) in [6.45, 7) is 0.242. The van der Waals surface area contributed by atoms with Crippen LogP contribution in [-0.2, 0) is 6.61 Å². The zero-order valence-corrected chi connectivity index (χ0v) is 16.6. The summed E-state index contributed by atoms with van der Waals surface area (Å²) >= 11 is 3.41. The van der Waals surface area contributed by atoms with Gasteiger partial charge in [-0.25, -0.2) is 0 Å². The van der Waals surface area contributed by atoms with E-state index < -0.39 is 4.92 Å². The molecule has 0 amide bonds. The van der Waals surface area contributed by atoms with E-state index in [0.717, 1.165) is 15.6 Å². The van der Waals surface area contributed by atoms with Crippen molar-refractivity contribution in [3.63, 3.8) is 0 Å². The summed E-state index contributed by atoms with van der Waals surface area (Å²) in [6, 6.07) is 18.8. The number of hydrogen-bond acceptors (Lipinski definition) is 5. The summed E-state index contributed by atoms with van der Waals surface area (Å²) in [5, 5.41) is 10.7. The molecular formula is C22H14BrNO5. The topological polar surface area (TPSA) is 78.7 Å². The molecule has 0 radical (unpaired) electrons. The van der Waals surface area contributed by atoms with Gasteiger partial charge in [-0.15, -0.1) is 0 Å². The molecule has 1 aliphatic heterocycles. The molecule has 6 nitrogen and oxygen atoms in total. The van der Waals surface area contributed by atoms with Gasteiger partial charge in [-0.05, 0) is 53.6 Å². The highest BCUT2D eigenvalue weighted by Crippen LogP contribution is 2.35. The second-order valence-corrected chi connectivity index (χ2v) is 7.28. The van der Waals surface area contributed by atoms with E-state index in [1.165, 1.54) is 12.1 Å². The van der Waals surface area contributed by atoms with E-state index in [0.29, 0.717) is 17.1 Å². The maximum atomic E-state index is 12.6. The van der Waals surface area contributed by atoms with Crippen LogP contribution in [0.25, 0.3) is 6.08 Å². The highest BCUT2D eigenvalue weighted by molar-refractivity contribution is 9.10. The van der Waals surface area contributed by atoms with E-state index in [-0.39, 0.29) is 23.8 Å². The smallest absolute Gasteiger partial charge is 0.269 e. The number of Topliss-reactive ketones (excluding diaryl/α,β-unsaturated/α-hetero) is 1. The number of carbonyl (C=O) groups is 1. The van der Waals surface area contributed by atoms with Crippen LogP contribution in [0.1, 0.15) is 21.5 Å². The van der Waals surface area contributed by atoms with Crippen LogP contribution in [0.2, 0.25) is 0 Å². The monoisotopic (exact) mass is 451 g/mol. The van der Waals surface area contributed by atoms with Gasteiger partial charge in [0, 0.05) is 22.7 Å². The lowest BCUT2D eigenvalue weighted by Crippen LogP contribution is -1.98. The van der Waals surface area contributed by atoms with Crippen LogP contribution >= 0.6 is 15.9 Å². The third-order valence-corrected chi connectivity index (χ3v) is 4.83. The van der Waals surface area contributed by atoms with Crippen molar-refractivity contribution in [2.75, 3.05) is 0 Å². The summed E-state index contributed by atoms with van der Waals surface area (Å²) < 4.78 is 12.4. The summed E-state index contributed by atoms with van der Waals surface area (Å²) in [6.07, 6.45) is 1.70. The normalized spacial score (nSPS) is 13.8. The standard InChI is InChI=1S/C22H14BrNO5/c23-16-3-1-2-15(10-16)11-21-22(25)19-9-8-18(12-20(19)29-21)28-13-14-4-6-17(7-5-14)24(26)27/h1-12H,13H2. The minimum atomic E-state index is -0.446. The number of carbonyl (C=O) groups excluding carboxylic acids is 1.